The summed E-state index contributed by atoms with van der Waals surface area (Å²) in [5.41, 5.74) is 8.06. The van der Waals surface area contributed by atoms with Crippen LogP contribution in [-0.2, 0) is 0 Å². The zero-order chi connectivity index (χ0) is 7.15. The molecule has 56 valence electrons. The second-order valence-electron chi connectivity index (χ2n) is 0.676. The Hall–Kier alpha value is -0.670. The van der Waals surface area contributed by atoms with Gasteiger partial charge in [-0.3, -0.25) is 0 Å². The van der Waals surface area contributed by atoms with E-state index in [0.29, 0.717) is 0 Å². The van der Waals surface area contributed by atoms with E-state index in [1.165, 1.54) is 0 Å². The van der Waals surface area contributed by atoms with Gasteiger partial charge in [-0.05, 0) is 0 Å². The molecular weight excluding hydrogens is 244 g/mol. The molecule has 0 unspecified atom stereocenters. The Morgan fingerprint density at radius 2 is 1.00 bits per heavy atom. The summed E-state index contributed by atoms with van der Waals surface area (Å²) in [5, 5.41) is 14.4. The summed E-state index contributed by atoms with van der Waals surface area (Å²) < 4.78 is 0. The van der Waals surface area contributed by atoms with E-state index < -0.39 is 12.2 Å². The summed E-state index contributed by atoms with van der Waals surface area (Å²) in [4.78, 5) is 17.6. The number of hydrogen-bond acceptors (Lipinski definition) is 2. The van der Waals surface area contributed by atoms with Crippen LogP contribution in [0.3, 0.4) is 0 Å². The molecule has 9 heavy (non-hydrogen) atoms. The van der Waals surface area contributed by atoms with Crippen LogP contribution in [0.2, 0.25) is 0 Å². The van der Waals surface area contributed by atoms with Crippen molar-refractivity contribution >= 4 is 35.9 Å². The van der Waals surface area contributed by atoms with Crippen LogP contribution < -0.4 is 11.5 Å². The zero-order valence-electron chi connectivity index (χ0n) is 4.37. The molecule has 2 amide bonds. The van der Waals surface area contributed by atoms with Gasteiger partial charge in [-0.25, -0.2) is 9.59 Å². The molecule has 0 atom stereocenters. The SMILES string of the molecule is NC(=O)O.NC(=O)O.[TeH2]. The number of rotatable bonds is 0. The first-order valence-electron chi connectivity index (χ1n) is 1.43. The fraction of sp³-hybridized carbons (Fsp3) is 0. The van der Waals surface area contributed by atoms with Gasteiger partial charge in [-0.1, -0.05) is 0 Å². The van der Waals surface area contributed by atoms with E-state index in [0.717, 1.165) is 0 Å². The molecule has 0 aliphatic rings. The summed E-state index contributed by atoms with van der Waals surface area (Å²) in [5.74, 6) is 0. The van der Waals surface area contributed by atoms with E-state index in [4.69, 9.17) is 19.8 Å². The van der Waals surface area contributed by atoms with Crippen LogP contribution in [0.5, 0.6) is 0 Å². The monoisotopic (exact) mass is 254 g/mol. The second-order valence-corrected chi connectivity index (χ2v) is 0.676. The van der Waals surface area contributed by atoms with E-state index in [-0.39, 0.29) is 23.7 Å². The van der Waals surface area contributed by atoms with Crippen LogP contribution in [0.4, 0.5) is 9.59 Å². The quantitative estimate of drug-likeness (QED) is 0.384. The van der Waals surface area contributed by atoms with Crippen molar-refractivity contribution in [2.45, 2.75) is 0 Å². The van der Waals surface area contributed by atoms with E-state index >= 15 is 0 Å². The Morgan fingerprint density at radius 1 is 1.00 bits per heavy atom. The van der Waals surface area contributed by atoms with Gasteiger partial charge in [0.1, 0.15) is 0 Å². The molecule has 6 N–H and O–H groups in total. The molecule has 0 aromatic rings. The van der Waals surface area contributed by atoms with Gasteiger partial charge < -0.3 is 21.7 Å². The molecule has 0 aliphatic carbocycles. The molecule has 0 radical (unpaired) electrons. The zero-order valence-corrected chi connectivity index (χ0v) is 7.22. The number of primary amides is 2. The van der Waals surface area contributed by atoms with Gasteiger partial charge in [0.05, 0.1) is 0 Å². The van der Waals surface area contributed by atoms with Gasteiger partial charge in [0.2, 0.25) is 0 Å². The third-order valence-electron chi connectivity index (χ3n) is 0. The number of hydrogen-bond donors (Lipinski definition) is 4. The van der Waals surface area contributed by atoms with Crippen molar-refractivity contribution in [3.8, 4) is 0 Å². The average Bonchev–Trinajstić information content (AvgIpc) is 1.25. The number of carbonyl (C=O) groups is 2. The van der Waals surface area contributed by atoms with Crippen molar-refractivity contribution in [1.29, 1.82) is 0 Å². The fourth-order valence-electron chi connectivity index (χ4n) is 0. The van der Waals surface area contributed by atoms with Gasteiger partial charge in [0.15, 0.2) is 0 Å². The average molecular weight is 252 g/mol. The van der Waals surface area contributed by atoms with E-state index in [9.17, 15) is 0 Å². The van der Waals surface area contributed by atoms with Crippen LogP contribution in [0.15, 0.2) is 0 Å². The molecule has 0 spiro atoms. The third-order valence-corrected chi connectivity index (χ3v) is 0. The van der Waals surface area contributed by atoms with Gasteiger partial charge >= 0.3 is 35.9 Å². The first-order chi connectivity index (χ1) is 3.46. The van der Waals surface area contributed by atoms with Crippen molar-refractivity contribution in [2.24, 2.45) is 11.5 Å². The first kappa shape index (κ1) is 15.8. The Labute approximate surface area is 67.6 Å². The van der Waals surface area contributed by atoms with E-state index in [2.05, 4.69) is 11.5 Å². The standard InChI is InChI=1S/2CH3NO2.H2Te/c2*2-1(3)4;/h2*2H2,(H,3,4);1H2. The van der Waals surface area contributed by atoms with Crippen molar-refractivity contribution < 1.29 is 19.8 Å². The Bertz CT molecular complexity index is 74.6. The molecule has 0 aromatic carbocycles. The summed E-state index contributed by atoms with van der Waals surface area (Å²) >= 11 is 0. The number of nitrogens with two attached hydrogens (primary N) is 2. The minimum absolute atomic E-state index is 0. The number of amides is 2. The fourth-order valence-corrected chi connectivity index (χ4v) is 0. The number of carboxylic acid groups (broad SMARTS) is 2. The molecular formula is C2H8N2O4Te. The Morgan fingerprint density at radius 3 is 1.00 bits per heavy atom. The molecule has 0 aromatic heterocycles. The Kier molecular flexibility index (Phi) is 18.1. The summed E-state index contributed by atoms with van der Waals surface area (Å²) in [6.45, 7) is 0. The third kappa shape index (κ3) is 463. The molecule has 0 saturated carbocycles. The molecule has 0 aliphatic heterocycles. The van der Waals surface area contributed by atoms with Crippen molar-refractivity contribution in [2.75, 3.05) is 0 Å². The van der Waals surface area contributed by atoms with Gasteiger partial charge in [-0.15, -0.1) is 0 Å². The molecule has 7 heteroatoms. The topological polar surface area (TPSA) is 127 Å². The van der Waals surface area contributed by atoms with Crippen LogP contribution in [0.1, 0.15) is 0 Å². The van der Waals surface area contributed by atoms with Crippen LogP contribution >= 0.6 is 0 Å². The van der Waals surface area contributed by atoms with Crippen LogP contribution in [0, 0.1) is 0 Å². The predicted octanol–water partition coefficient (Wildman–Crippen LogP) is -1.67. The molecule has 0 fully saturated rings. The van der Waals surface area contributed by atoms with Crippen molar-refractivity contribution in [3.05, 3.63) is 0 Å². The van der Waals surface area contributed by atoms with Crippen molar-refractivity contribution in [3.63, 3.8) is 0 Å². The maximum atomic E-state index is 8.78. The predicted molar refractivity (Wildman–Crippen MR) is 33.0 cm³/mol. The molecule has 0 bridgehead atoms. The van der Waals surface area contributed by atoms with E-state index in [1.807, 2.05) is 0 Å². The van der Waals surface area contributed by atoms with Crippen LogP contribution in [0.25, 0.3) is 0 Å². The molecule has 0 rings (SSSR count). The maximum absolute atomic E-state index is 8.78. The minimum atomic E-state index is -1.33. The summed E-state index contributed by atoms with van der Waals surface area (Å²) in [7, 11) is 0. The van der Waals surface area contributed by atoms with Crippen molar-refractivity contribution in [1.82, 2.24) is 0 Å². The summed E-state index contributed by atoms with van der Waals surface area (Å²) in [6.07, 6.45) is -2.67. The normalized spacial score (nSPS) is 5.33. The molecule has 6 nitrogen and oxygen atoms in total. The Balaban J connectivity index is -0.0000000720. The van der Waals surface area contributed by atoms with Gasteiger partial charge in [-0.2, -0.15) is 0 Å². The van der Waals surface area contributed by atoms with Gasteiger partial charge in [0.25, 0.3) is 0 Å². The first-order valence-corrected chi connectivity index (χ1v) is 1.43. The summed E-state index contributed by atoms with van der Waals surface area (Å²) in [6, 6.07) is 0. The molecule has 0 saturated heterocycles. The molecule has 0 heterocycles. The second kappa shape index (κ2) is 10.3. The van der Waals surface area contributed by atoms with Gasteiger partial charge in [0, 0.05) is 0 Å². The van der Waals surface area contributed by atoms with Crippen LogP contribution in [-0.4, -0.2) is 46.1 Å². The van der Waals surface area contributed by atoms with E-state index in [1.54, 1.807) is 0 Å².